The van der Waals surface area contributed by atoms with Crippen LogP contribution in [0.4, 0.5) is 0 Å². The molecule has 1 heterocycles. The fraction of sp³-hybridized carbons (Fsp3) is 0.217. The van der Waals surface area contributed by atoms with Crippen molar-refractivity contribution in [3.63, 3.8) is 0 Å². The fourth-order valence-corrected chi connectivity index (χ4v) is 3.60. The molecule has 0 amide bonds. The van der Waals surface area contributed by atoms with Crippen LogP contribution in [0.1, 0.15) is 35.1 Å². The molecule has 0 N–H and O–H groups in total. The van der Waals surface area contributed by atoms with Crippen molar-refractivity contribution in [2.24, 2.45) is 0 Å². The van der Waals surface area contributed by atoms with E-state index in [4.69, 9.17) is 14.2 Å². The van der Waals surface area contributed by atoms with Crippen LogP contribution in [-0.2, 0) is 0 Å². The third-order valence-corrected chi connectivity index (χ3v) is 5.00. The Hall–Kier alpha value is -2.94. The molecule has 2 atom stereocenters. The first kappa shape index (κ1) is 16.5. The summed E-state index contributed by atoms with van der Waals surface area (Å²) in [6, 6.07) is 24.8. The zero-order valence-corrected chi connectivity index (χ0v) is 15.0. The second-order valence-electron chi connectivity index (χ2n) is 6.48. The Balaban J connectivity index is 1.76. The number of rotatable bonds is 4. The minimum Gasteiger partial charge on any atom is -0.497 e. The standard InChI is InChI=1S/C23H22O3/c1-24-18-10-8-16(9-11-18)21-15-22(17-6-4-3-5-7-17)26-23-14-19(25-2)12-13-20(21)23/h3-14,21-22H,15H2,1-2H3/t21-,22+/m0/s1. The molecule has 0 fully saturated rings. The van der Waals surface area contributed by atoms with Gasteiger partial charge >= 0.3 is 0 Å². The molecule has 4 rings (SSSR count). The third kappa shape index (κ3) is 3.13. The molecule has 1 aliphatic rings. The molecule has 3 aromatic rings. The van der Waals surface area contributed by atoms with Crippen molar-refractivity contribution in [1.29, 1.82) is 0 Å². The summed E-state index contributed by atoms with van der Waals surface area (Å²) in [7, 11) is 3.37. The van der Waals surface area contributed by atoms with Crippen molar-refractivity contribution in [3.8, 4) is 17.2 Å². The summed E-state index contributed by atoms with van der Waals surface area (Å²) in [5, 5.41) is 0. The van der Waals surface area contributed by atoms with E-state index < -0.39 is 0 Å². The number of ether oxygens (including phenoxy) is 3. The highest BCUT2D eigenvalue weighted by Crippen LogP contribution is 2.46. The number of fused-ring (bicyclic) bond motifs is 1. The second kappa shape index (κ2) is 7.12. The molecular formula is C23H22O3. The SMILES string of the molecule is COc1ccc([C@@H]2C[C@H](c3ccccc3)Oc3cc(OC)ccc32)cc1. The minimum absolute atomic E-state index is 0.0166. The van der Waals surface area contributed by atoms with E-state index in [1.165, 1.54) is 16.7 Å². The molecule has 0 unspecified atom stereocenters. The third-order valence-electron chi connectivity index (χ3n) is 5.00. The van der Waals surface area contributed by atoms with E-state index in [9.17, 15) is 0 Å². The van der Waals surface area contributed by atoms with Gasteiger partial charge in [0.2, 0.25) is 0 Å². The number of hydrogen-bond acceptors (Lipinski definition) is 3. The predicted molar refractivity (Wildman–Crippen MR) is 102 cm³/mol. The van der Waals surface area contributed by atoms with Crippen LogP contribution in [0.2, 0.25) is 0 Å². The molecule has 26 heavy (non-hydrogen) atoms. The molecular weight excluding hydrogens is 324 g/mol. The maximum absolute atomic E-state index is 6.35. The van der Waals surface area contributed by atoms with Gasteiger partial charge in [-0.05, 0) is 35.7 Å². The average molecular weight is 346 g/mol. The van der Waals surface area contributed by atoms with Crippen LogP contribution in [0.25, 0.3) is 0 Å². The van der Waals surface area contributed by atoms with Crippen LogP contribution in [0.3, 0.4) is 0 Å². The molecule has 1 aliphatic heterocycles. The lowest BCUT2D eigenvalue weighted by Crippen LogP contribution is -2.20. The Morgan fingerprint density at radius 3 is 2.15 bits per heavy atom. The van der Waals surface area contributed by atoms with E-state index in [0.29, 0.717) is 0 Å². The molecule has 0 saturated heterocycles. The first-order valence-corrected chi connectivity index (χ1v) is 8.82. The van der Waals surface area contributed by atoms with Gasteiger partial charge in [0.1, 0.15) is 23.4 Å². The second-order valence-corrected chi connectivity index (χ2v) is 6.48. The van der Waals surface area contributed by atoms with Crippen LogP contribution in [0.15, 0.2) is 72.8 Å². The Morgan fingerprint density at radius 2 is 1.46 bits per heavy atom. The Bertz CT molecular complexity index is 872. The zero-order chi connectivity index (χ0) is 17.9. The highest BCUT2D eigenvalue weighted by atomic mass is 16.5. The number of hydrogen-bond donors (Lipinski definition) is 0. The molecule has 0 aromatic heterocycles. The van der Waals surface area contributed by atoms with Gasteiger partial charge < -0.3 is 14.2 Å². The van der Waals surface area contributed by atoms with Gasteiger partial charge in [-0.3, -0.25) is 0 Å². The van der Waals surface area contributed by atoms with Crippen LogP contribution in [-0.4, -0.2) is 14.2 Å². The van der Waals surface area contributed by atoms with E-state index in [-0.39, 0.29) is 12.0 Å². The summed E-state index contributed by atoms with van der Waals surface area (Å²) in [5.41, 5.74) is 3.66. The van der Waals surface area contributed by atoms with Gasteiger partial charge in [-0.25, -0.2) is 0 Å². The molecule has 0 aliphatic carbocycles. The zero-order valence-electron chi connectivity index (χ0n) is 15.0. The summed E-state index contributed by atoms with van der Waals surface area (Å²) < 4.78 is 17.1. The monoisotopic (exact) mass is 346 g/mol. The molecule has 0 bridgehead atoms. The summed E-state index contributed by atoms with van der Waals surface area (Å²) in [4.78, 5) is 0. The van der Waals surface area contributed by atoms with E-state index in [1.54, 1.807) is 14.2 Å². The highest BCUT2D eigenvalue weighted by molar-refractivity contribution is 5.49. The smallest absolute Gasteiger partial charge is 0.127 e. The Morgan fingerprint density at radius 1 is 0.769 bits per heavy atom. The molecule has 3 aromatic carbocycles. The lowest BCUT2D eigenvalue weighted by Gasteiger charge is -2.33. The maximum atomic E-state index is 6.35. The van der Waals surface area contributed by atoms with Gasteiger partial charge in [-0.2, -0.15) is 0 Å². The average Bonchev–Trinajstić information content (AvgIpc) is 2.73. The molecule has 0 radical (unpaired) electrons. The Labute approximate surface area is 154 Å². The van der Waals surface area contributed by atoms with Crippen LogP contribution >= 0.6 is 0 Å². The summed E-state index contributed by atoms with van der Waals surface area (Å²) >= 11 is 0. The molecule has 132 valence electrons. The summed E-state index contributed by atoms with van der Waals surface area (Å²) in [5.74, 6) is 2.84. The van der Waals surface area contributed by atoms with Gasteiger partial charge in [-0.1, -0.05) is 48.5 Å². The van der Waals surface area contributed by atoms with Crippen molar-refractivity contribution in [1.82, 2.24) is 0 Å². The molecule has 0 saturated carbocycles. The van der Waals surface area contributed by atoms with E-state index in [2.05, 4.69) is 42.5 Å². The highest BCUT2D eigenvalue weighted by Gasteiger charge is 2.30. The van der Waals surface area contributed by atoms with Crippen molar-refractivity contribution >= 4 is 0 Å². The van der Waals surface area contributed by atoms with Crippen LogP contribution in [0.5, 0.6) is 17.2 Å². The van der Waals surface area contributed by atoms with Crippen LogP contribution in [0, 0.1) is 0 Å². The van der Waals surface area contributed by atoms with Gasteiger partial charge in [0.05, 0.1) is 14.2 Å². The van der Waals surface area contributed by atoms with Gasteiger partial charge in [0, 0.05) is 17.5 Å². The fourth-order valence-electron chi connectivity index (χ4n) is 3.60. The lowest BCUT2D eigenvalue weighted by molar-refractivity contribution is 0.167. The largest absolute Gasteiger partial charge is 0.497 e. The quantitative estimate of drug-likeness (QED) is 0.636. The molecule has 0 spiro atoms. The van der Waals surface area contributed by atoms with Crippen molar-refractivity contribution in [2.75, 3.05) is 14.2 Å². The normalized spacial score (nSPS) is 18.5. The lowest BCUT2D eigenvalue weighted by atomic mass is 9.82. The maximum Gasteiger partial charge on any atom is 0.127 e. The Kier molecular flexibility index (Phi) is 4.53. The summed E-state index contributed by atoms with van der Waals surface area (Å²) in [6.45, 7) is 0. The van der Waals surface area contributed by atoms with Crippen molar-refractivity contribution in [2.45, 2.75) is 18.4 Å². The predicted octanol–water partition coefficient (Wildman–Crippen LogP) is 5.36. The van der Waals surface area contributed by atoms with Gasteiger partial charge in [-0.15, -0.1) is 0 Å². The molecule has 3 heteroatoms. The van der Waals surface area contributed by atoms with Gasteiger partial charge in [0.25, 0.3) is 0 Å². The van der Waals surface area contributed by atoms with Crippen molar-refractivity contribution < 1.29 is 14.2 Å². The van der Waals surface area contributed by atoms with Crippen molar-refractivity contribution in [3.05, 3.63) is 89.5 Å². The van der Waals surface area contributed by atoms with E-state index in [1.807, 2.05) is 30.3 Å². The van der Waals surface area contributed by atoms with Crippen LogP contribution < -0.4 is 14.2 Å². The minimum atomic E-state index is 0.0166. The topological polar surface area (TPSA) is 27.7 Å². The number of benzene rings is 3. The van der Waals surface area contributed by atoms with E-state index in [0.717, 1.165) is 23.7 Å². The first-order chi connectivity index (χ1) is 12.8. The van der Waals surface area contributed by atoms with E-state index >= 15 is 0 Å². The summed E-state index contributed by atoms with van der Waals surface area (Å²) in [6.07, 6.45) is 0.915. The van der Waals surface area contributed by atoms with Gasteiger partial charge in [0.15, 0.2) is 0 Å². The molecule has 3 nitrogen and oxygen atoms in total. The first-order valence-electron chi connectivity index (χ1n) is 8.82. The number of methoxy groups -OCH3 is 2.